The average molecular weight is 361 g/mol. The molecule has 2 aromatic carbocycles. The van der Waals surface area contributed by atoms with Gasteiger partial charge in [0.25, 0.3) is 0 Å². The number of hydrogen-bond acceptors (Lipinski definition) is 5. The average Bonchev–Trinajstić information content (AvgIpc) is 3.35. The van der Waals surface area contributed by atoms with E-state index in [0.717, 1.165) is 34.5 Å². The van der Waals surface area contributed by atoms with E-state index in [-0.39, 0.29) is 0 Å². The van der Waals surface area contributed by atoms with Crippen LogP contribution in [0.25, 0.3) is 10.9 Å². The fourth-order valence-electron chi connectivity index (χ4n) is 2.88. The van der Waals surface area contributed by atoms with E-state index in [1.54, 1.807) is 24.4 Å². The van der Waals surface area contributed by atoms with E-state index in [9.17, 15) is 0 Å². The molecule has 0 saturated heterocycles. The number of nitrogens with zero attached hydrogens (tertiary/aromatic N) is 5. The number of para-hydroxylation sites is 1. The van der Waals surface area contributed by atoms with Crippen LogP contribution in [0.5, 0.6) is 11.5 Å². The van der Waals surface area contributed by atoms with Crippen molar-refractivity contribution in [1.82, 2.24) is 19.4 Å². The molecule has 7 nitrogen and oxygen atoms in total. The summed E-state index contributed by atoms with van der Waals surface area (Å²) in [5.41, 5.74) is 2.17. The van der Waals surface area contributed by atoms with Crippen LogP contribution in [0.15, 0.2) is 72.5 Å². The molecule has 0 fully saturated rings. The third-order valence-electron chi connectivity index (χ3n) is 4.22. The Hall–Kier alpha value is -3.61. The molecule has 0 bridgehead atoms. The summed E-state index contributed by atoms with van der Waals surface area (Å²) in [4.78, 5) is 0. The van der Waals surface area contributed by atoms with Gasteiger partial charge in [0.1, 0.15) is 30.8 Å². The molecule has 0 radical (unpaired) electrons. The summed E-state index contributed by atoms with van der Waals surface area (Å²) >= 11 is 0. The number of aromatic nitrogens is 4. The maximum atomic E-state index is 5.86. The number of ether oxygens (including phenoxy) is 2. The molecule has 136 valence electrons. The lowest BCUT2D eigenvalue weighted by atomic mass is 10.2. The third kappa shape index (κ3) is 3.82. The second-order valence-corrected chi connectivity index (χ2v) is 5.91. The summed E-state index contributed by atoms with van der Waals surface area (Å²) in [6.45, 7) is 1.29. The first-order valence-corrected chi connectivity index (χ1v) is 8.57. The van der Waals surface area contributed by atoms with Crippen LogP contribution in [0, 0.1) is 0 Å². The Morgan fingerprint density at radius 1 is 1.00 bits per heavy atom. The van der Waals surface area contributed by atoms with Crippen LogP contribution in [0.1, 0.15) is 5.56 Å². The summed E-state index contributed by atoms with van der Waals surface area (Å²) in [7, 11) is 1.65. The van der Waals surface area contributed by atoms with Gasteiger partial charge in [-0.25, -0.2) is 4.68 Å². The van der Waals surface area contributed by atoms with Gasteiger partial charge in [-0.05, 0) is 30.3 Å². The van der Waals surface area contributed by atoms with E-state index in [1.807, 2.05) is 42.6 Å². The van der Waals surface area contributed by atoms with Crippen LogP contribution in [-0.4, -0.2) is 39.4 Å². The van der Waals surface area contributed by atoms with Crippen molar-refractivity contribution in [1.29, 1.82) is 0 Å². The fourth-order valence-corrected chi connectivity index (χ4v) is 2.88. The summed E-state index contributed by atoms with van der Waals surface area (Å²) in [5.74, 6) is 1.64. The van der Waals surface area contributed by atoms with E-state index in [1.165, 1.54) is 0 Å². The summed E-state index contributed by atoms with van der Waals surface area (Å²) in [6.07, 6.45) is 7.00. The van der Waals surface area contributed by atoms with Gasteiger partial charge in [-0.1, -0.05) is 18.2 Å². The topological polar surface area (TPSA) is 66.5 Å². The van der Waals surface area contributed by atoms with Gasteiger partial charge in [0.2, 0.25) is 0 Å². The number of fused-ring (bicyclic) bond motifs is 1. The normalized spacial score (nSPS) is 11.3. The molecule has 0 aliphatic carbocycles. The number of benzene rings is 2. The lowest BCUT2D eigenvalue weighted by Crippen LogP contribution is -2.07. The standard InChI is InChI=1S/C20H19N5O2/c1-26-17-6-8-18(9-7-17)27-11-10-24-13-16(12-23-25-14-21-22-15-25)19-4-2-3-5-20(19)24/h2-9,12-15H,10-11H2,1H3/b23-12-. The molecule has 7 heteroatoms. The van der Waals surface area contributed by atoms with E-state index < -0.39 is 0 Å². The van der Waals surface area contributed by atoms with Crippen molar-refractivity contribution in [3.8, 4) is 11.5 Å². The maximum absolute atomic E-state index is 5.86. The highest BCUT2D eigenvalue weighted by Gasteiger charge is 2.07. The van der Waals surface area contributed by atoms with Gasteiger partial charge >= 0.3 is 0 Å². The Kier molecular flexibility index (Phi) is 4.82. The largest absolute Gasteiger partial charge is 0.497 e. The highest BCUT2D eigenvalue weighted by molar-refractivity contribution is 5.99. The molecule has 2 aromatic heterocycles. The molecule has 0 spiro atoms. The molecular weight excluding hydrogens is 342 g/mol. The fraction of sp³-hybridized carbons (Fsp3) is 0.150. The molecular formula is C20H19N5O2. The Balaban J connectivity index is 1.49. The Labute approximate surface area is 156 Å². The molecule has 0 amide bonds. The van der Waals surface area contributed by atoms with Crippen LogP contribution in [0.4, 0.5) is 0 Å². The van der Waals surface area contributed by atoms with E-state index in [4.69, 9.17) is 9.47 Å². The van der Waals surface area contributed by atoms with Crippen molar-refractivity contribution in [2.75, 3.05) is 13.7 Å². The lowest BCUT2D eigenvalue weighted by Gasteiger charge is -2.09. The van der Waals surface area contributed by atoms with Gasteiger partial charge in [-0.3, -0.25) is 0 Å². The minimum absolute atomic E-state index is 0.563. The first-order chi connectivity index (χ1) is 13.3. The molecule has 0 aliphatic heterocycles. The lowest BCUT2D eigenvalue weighted by molar-refractivity contribution is 0.300. The van der Waals surface area contributed by atoms with Crippen LogP contribution in [-0.2, 0) is 6.54 Å². The number of hydrogen-bond donors (Lipinski definition) is 0. The summed E-state index contributed by atoms with van der Waals surface area (Å²) in [5, 5.41) is 13.0. The minimum atomic E-state index is 0.563. The van der Waals surface area contributed by atoms with E-state index in [0.29, 0.717) is 6.61 Å². The predicted octanol–water partition coefficient (Wildman–Crippen LogP) is 3.20. The minimum Gasteiger partial charge on any atom is -0.497 e. The first-order valence-electron chi connectivity index (χ1n) is 8.57. The molecule has 0 aliphatic rings. The van der Waals surface area contributed by atoms with Crippen molar-refractivity contribution in [3.05, 3.63) is 72.9 Å². The van der Waals surface area contributed by atoms with Crippen LogP contribution in [0.2, 0.25) is 0 Å². The third-order valence-corrected chi connectivity index (χ3v) is 4.22. The van der Waals surface area contributed by atoms with Gasteiger partial charge in [-0.15, -0.1) is 10.2 Å². The number of rotatable bonds is 7. The van der Waals surface area contributed by atoms with E-state index in [2.05, 4.69) is 38.2 Å². The molecule has 4 rings (SSSR count). The molecule has 27 heavy (non-hydrogen) atoms. The van der Waals surface area contributed by atoms with Crippen molar-refractivity contribution in [3.63, 3.8) is 0 Å². The number of methoxy groups -OCH3 is 1. The van der Waals surface area contributed by atoms with Crippen molar-refractivity contribution in [2.24, 2.45) is 5.10 Å². The van der Waals surface area contributed by atoms with Gasteiger partial charge in [0.05, 0.1) is 19.9 Å². The quantitative estimate of drug-likeness (QED) is 0.474. The summed E-state index contributed by atoms with van der Waals surface area (Å²) in [6, 6.07) is 15.8. The molecule has 0 unspecified atom stereocenters. The highest BCUT2D eigenvalue weighted by Crippen LogP contribution is 2.21. The Morgan fingerprint density at radius 2 is 1.74 bits per heavy atom. The second kappa shape index (κ2) is 7.74. The van der Waals surface area contributed by atoms with Crippen molar-refractivity contribution in [2.45, 2.75) is 6.54 Å². The SMILES string of the molecule is COc1ccc(OCCn2cc(/C=N\n3cnnc3)c3ccccc32)cc1. The smallest absolute Gasteiger partial charge is 0.141 e. The zero-order valence-corrected chi connectivity index (χ0v) is 14.9. The Bertz CT molecular complexity index is 1040. The summed E-state index contributed by atoms with van der Waals surface area (Å²) < 4.78 is 14.8. The van der Waals surface area contributed by atoms with Crippen molar-refractivity contribution < 1.29 is 9.47 Å². The Morgan fingerprint density at radius 3 is 2.52 bits per heavy atom. The van der Waals surface area contributed by atoms with Crippen LogP contribution < -0.4 is 9.47 Å². The highest BCUT2D eigenvalue weighted by atomic mass is 16.5. The zero-order valence-electron chi connectivity index (χ0n) is 14.9. The predicted molar refractivity (Wildman–Crippen MR) is 103 cm³/mol. The molecule has 4 aromatic rings. The maximum Gasteiger partial charge on any atom is 0.141 e. The zero-order chi connectivity index (χ0) is 18.5. The first kappa shape index (κ1) is 16.8. The van der Waals surface area contributed by atoms with Crippen LogP contribution >= 0.6 is 0 Å². The van der Waals surface area contributed by atoms with Crippen molar-refractivity contribution >= 4 is 17.1 Å². The van der Waals surface area contributed by atoms with Gasteiger partial charge in [-0.2, -0.15) is 5.10 Å². The van der Waals surface area contributed by atoms with Gasteiger partial charge in [0, 0.05) is 22.7 Å². The van der Waals surface area contributed by atoms with Crippen LogP contribution in [0.3, 0.4) is 0 Å². The molecule has 2 heterocycles. The molecule has 0 N–H and O–H groups in total. The monoisotopic (exact) mass is 361 g/mol. The second-order valence-electron chi connectivity index (χ2n) is 5.91. The van der Waals surface area contributed by atoms with Gasteiger partial charge in [0.15, 0.2) is 0 Å². The van der Waals surface area contributed by atoms with Gasteiger partial charge < -0.3 is 14.0 Å². The van der Waals surface area contributed by atoms with E-state index >= 15 is 0 Å². The molecule has 0 saturated carbocycles. The molecule has 0 atom stereocenters.